The molecule has 0 spiro atoms. The number of aliphatic hydroxyl groups excluding tert-OH is 2. The summed E-state index contributed by atoms with van der Waals surface area (Å²) in [6.07, 6.45) is 6.74. The first-order chi connectivity index (χ1) is 6.88. The van der Waals surface area contributed by atoms with Crippen LogP contribution in [0.25, 0.3) is 0 Å². The number of nitrogens with zero attached hydrogens (tertiary/aromatic N) is 1. The van der Waals surface area contributed by atoms with Gasteiger partial charge in [-0.15, -0.1) is 0 Å². The zero-order valence-electron chi connectivity index (χ0n) is 8.99. The summed E-state index contributed by atoms with van der Waals surface area (Å²) in [5.41, 5.74) is 0. The van der Waals surface area contributed by atoms with E-state index in [2.05, 4.69) is 4.90 Å². The first-order valence-electron chi connectivity index (χ1n) is 5.84. The predicted molar refractivity (Wildman–Crippen MR) is 57.2 cm³/mol. The fourth-order valence-electron chi connectivity index (χ4n) is 2.26. The first kappa shape index (κ1) is 12.0. The van der Waals surface area contributed by atoms with E-state index >= 15 is 0 Å². The SMILES string of the molecule is OCCCCN1CCCCC1CCO. The Morgan fingerprint density at radius 3 is 2.64 bits per heavy atom. The van der Waals surface area contributed by atoms with Gasteiger partial charge in [-0.05, 0) is 45.2 Å². The van der Waals surface area contributed by atoms with Crippen molar-refractivity contribution in [2.75, 3.05) is 26.3 Å². The molecule has 0 aromatic rings. The van der Waals surface area contributed by atoms with Crippen molar-refractivity contribution in [3.63, 3.8) is 0 Å². The van der Waals surface area contributed by atoms with Crippen LogP contribution in [0.2, 0.25) is 0 Å². The van der Waals surface area contributed by atoms with E-state index in [9.17, 15) is 0 Å². The third-order valence-electron chi connectivity index (χ3n) is 3.06. The number of piperidine rings is 1. The minimum atomic E-state index is 0.304. The number of likely N-dealkylation sites (tertiary alicyclic amines) is 1. The van der Waals surface area contributed by atoms with E-state index in [1.165, 1.54) is 25.8 Å². The lowest BCUT2D eigenvalue weighted by atomic mass is 9.99. The van der Waals surface area contributed by atoms with Crippen LogP contribution in [0.4, 0.5) is 0 Å². The van der Waals surface area contributed by atoms with Gasteiger partial charge in [0, 0.05) is 19.3 Å². The molecule has 0 saturated carbocycles. The summed E-state index contributed by atoms with van der Waals surface area (Å²) in [5.74, 6) is 0. The van der Waals surface area contributed by atoms with Gasteiger partial charge in [0.1, 0.15) is 0 Å². The summed E-state index contributed by atoms with van der Waals surface area (Å²) in [4.78, 5) is 2.48. The lowest BCUT2D eigenvalue weighted by Gasteiger charge is -2.35. The second kappa shape index (κ2) is 7.21. The molecule has 3 nitrogen and oxygen atoms in total. The Balaban J connectivity index is 2.22. The van der Waals surface area contributed by atoms with Gasteiger partial charge in [0.15, 0.2) is 0 Å². The second-order valence-corrected chi connectivity index (χ2v) is 4.13. The van der Waals surface area contributed by atoms with Gasteiger partial charge in [-0.1, -0.05) is 6.42 Å². The molecule has 0 bridgehead atoms. The molecule has 0 aliphatic carbocycles. The smallest absolute Gasteiger partial charge is 0.0445 e. The zero-order chi connectivity index (χ0) is 10.2. The molecule has 3 heteroatoms. The summed E-state index contributed by atoms with van der Waals surface area (Å²) >= 11 is 0. The fourth-order valence-corrected chi connectivity index (χ4v) is 2.26. The quantitative estimate of drug-likeness (QED) is 0.630. The van der Waals surface area contributed by atoms with Crippen LogP contribution in [-0.4, -0.2) is 47.5 Å². The average molecular weight is 201 g/mol. The minimum absolute atomic E-state index is 0.304. The van der Waals surface area contributed by atoms with Gasteiger partial charge in [-0.25, -0.2) is 0 Å². The van der Waals surface area contributed by atoms with E-state index in [0.717, 1.165) is 25.8 Å². The molecule has 0 amide bonds. The predicted octanol–water partition coefficient (Wildman–Crippen LogP) is 0.996. The molecule has 1 fully saturated rings. The number of aliphatic hydroxyl groups is 2. The molecule has 0 aromatic carbocycles. The van der Waals surface area contributed by atoms with E-state index in [4.69, 9.17) is 10.2 Å². The molecule has 1 aliphatic rings. The van der Waals surface area contributed by atoms with Gasteiger partial charge >= 0.3 is 0 Å². The lowest BCUT2D eigenvalue weighted by Crippen LogP contribution is -2.40. The van der Waals surface area contributed by atoms with E-state index < -0.39 is 0 Å². The van der Waals surface area contributed by atoms with Crippen LogP contribution in [0, 0.1) is 0 Å². The summed E-state index contributed by atoms with van der Waals surface area (Å²) < 4.78 is 0. The van der Waals surface area contributed by atoms with Crippen molar-refractivity contribution in [3.05, 3.63) is 0 Å². The van der Waals surface area contributed by atoms with Gasteiger partial charge in [0.05, 0.1) is 0 Å². The minimum Gasteiger partial charge on any atom is -0.396 e. The van der Waals surface area contributed by atoms with Crippen LogP contribution < -0.4 is 0 Å². The van der Waals surface area contributed by atoms with Gasteiger partial charge in [-0.3, -0.25) is 0 Å². The van der Waals surface area contributed by atoms with Gasteiger partial charge in [0.25, 0.3) is 0 Å². The largest absolute Gasteiger partial charge is 0.396 e. The van der Waals surface area contributed by atoms with Crippen LogP contribution in [0.5, 0.6) is 0 Å². The average Bonchev–Trinajstić information content (AvgIpc) is 2.21. The highest BCUT2D eigenvalue weighted by molar-refractivity contribution is 4.76. The summed E-state index contributed by atoms with van der Waals surface area (Å²) in [5, 5.41) is 17.6. The summed E-state index contributed by atoms with van der Waals surface area (Å²) in [7, 11) is 0. The number of unbranched alkanes of at least 4 members (excludes halogenated alkanes) is 1. The van der Waals surface area contributed by atoms with E-state index in [0.29, 0.717) is 19.3 Å². The van der Waals surface area contributed by atoms with Crippen molar-refractivity contribution in [2.24, 2.45) is 0 Å². The highest BCUT2D eigenvalue weighted by Crippen LogP contribution is 2.19. The highest BCUT2D eigenvalue weighted by atomic mass is 16.3. The molecular weight excluding hydrogens is 178 g/mol. The zero-order valence-corrected chi connectivity index (χ0v) is 8.99. The van der Waals surface area contributed by atoms with Crippen molar-refractivity contribution in [1.82, 2.24) is 4.90 Å². The number of rotatable bonds is 6. The molecule has 1 unspecified atom stereocenters. The molecule has 1 saturated heterocycles. The van der Waals surface area contributed by atoms with Crippen LogP contribution in [0.1, 0.15) is 38.5 Å². The Labute approximate surface area is 86.7 Å². The molecule has 1 heterocycles. The molecule has 2 N–H and O–H groups in total. The Bertz CT molecular complexity index is 139. The maximum atomic E-state index is 8.94. The Morgan fingerprint density at radius 1 is 1.07 bits per heavy atom. The second-order valence-electron chi connectivity index (χ2n) is 4.13. The van der Waals surface area contributed by atoms with Crippen LogP contribution in [-0.2, 0) is 0 Å². The summed E-state index contributed by atoms with van der Waals surface area (Å²) in [6, 6.07) is 0.590. The molecule has 0 radical (unpaired) electrons. The standard InChI is InChI=1S/C11H23NO2/c13-9-4-3-8-12-7-2-1-5-11(12)6-10-14/h11,13-14H,1-10H2. The van der Waals surface area contributed by atoms with E-state index in [1.54, 1.807) is 0 Å². The monoisotopic (exact) mass is 201 g/mol. The van der Waals surface area contributed by atoms with Gasteiger partial charge in [0.2, 0.25) is 0 Å². The van der Waals surface area contributed by atoms with Gasteiger partial charge in [-0.2, -0.15) is 0 Å². The third kappa shape index (κ3) is 3.95. The van der Waals surface area contributed by atoms with Gasteiger partial charge < -0.3 is 15.1 Å². The highest BCUT2D eigenvalue weighted by Gasteiger charge is 2.20. The molecule has 14 heavy (non-hydrogen) atoms. The molecule has 0 aromatic heterocycles. The molecule has 1 aliphatic heterocycles. The number of hydrogen-bond acceptors (Lipinski definition) is 3. The fraction of sp³-hybridized carbons (Fsp3) is 1.00. The molecule has 1 rings (SSSR count). The van der Waals surface area contributed by atoms with Crippen molar-refractivity contribution >= 4 is 0 Å². The maximum Gasteiger partial charge on any atom is 0.0445 e. The van der Waals surface area contributed by atoms with Crippen molar-refractivity contribution < 1.29 is 10.2 Å². The summed E-state index contributed by atoms with van der Waals surface area (Å²) in [6.45, 7) is 2.88. The topological polar surface area (TPSA) is 43.7 Å². The van der Waals surface area contributed by atoms with Crippen molar-refractivity contribution in [3.8, 4) is 0 Å². The lowest BCUT2D eigenvalue weighted by molar-refractivity contribution is 0.115. The number of hydrogen-bond donors (Lipinski definition) is 2. The maximum absolute atomic E-state index is 8.94. The van der Waals surface area contributed by atoms with Crippen LogP contribution in [0.3, 0.4) is 0 Å². The molecule has 1 atom stereocenters. The van der Waals surface area contributed by atoms with E-state index in [-0.39, 0.29) is 0 Å². The molecule has 84 valence electrons. The normalized spacial score (nSPS) is 24.0. The molecular formula is C11H23NO2. The first-order valence-corrected chi connectivity index (χ1v) is 5.84. The van der Waals surface area contributed by atoms with E-state index in [1.807, 2.05) is 0 Å². The van der Waals surface area contributed by atoms with Crippen LogP contribution >= 0.6 is 0 Å². The Hall–Kier alpha value is -0.120. The Morgan fingerprint density at radius 2 is 1.93 bits per heavy atom. The third-order valence-corrected chi connectivity index (χ3v) is 3.06. The van der Waals surface area contributed by atoms with Crippen molar-refractivity contribution in [2.45, 2.75) is 44.6 Å². The Kier molecular flexibility index (Phi) is 6.15. The van der Waals surface area contributed by atoms with Crippen molar-refractivity contribution in [1.29, 1.82) is 0 Å². The van der Waals surface area contributed by atoms with Crippen LogP contribution in [0.15, 0.2) is 0 Å².